The van der Waals surface area contributed by atoms with Crippen molar-refractivity contribution < 1.29 is 14.3 Å². The summed E-state index contributed by atoms with van der Waals surface area (Å²) in [7, 11) is 3.19. The van der Waals surface area contributed by atoms with Crippen LogP contribution in [0.5, 0.6) is 11.5 Å². The maximum Gasteiger partial charge on any atom is 0.238 e. The van der Waals surface area contributed by atoms with Crippen LogP contribution < -0.4 is 20.1 Å². The molecule has 1 fully saturated rings. The number of anilines is 1. The van der Waals surface area contributed by atoms with Gasteiger partial charge in [-0.25, -0.2) is 0 Å². The Hall–Kier alpha value is -2.28. The normalized spacial score (nSPS) is 16.6. The number of hydrogen-bond donors (Lipinski definition) is 2. The zero-order valence-corrected chi connectivity index (χ0v) is 18.1. The topological polar surface area (TPSA) is 62.8 Å². The van der Waals surface area contributed by atoms with Crippen molar-refractivity contribution in [1.29, 1.82) is 0 Å². The molecule has 29 heavy (non-hydrogen) atoms. The first-order chi connectivity index (χ1) is 13.6. The highest BCUT2D eigenvalue weighted by atomic mass is 35.5. The smallest absolute Gasteiger partial charge is 0.238 e. The molecule has 0 saturated carbocycles. The SMILES string of the molecule is CCc1ccc(C2CNCCN2CC(=O)Nc2cc(OC)ccc2OC)cc1.Cl. The Kier molecular flexibility index (Phi) is 8.76. The molecule has 0 radical (unpaired) electrons. The molecule has 1 heterocycles. The molecule has 1 aliphatic rings. The molecule has 2 aromatic rings. The number of carbonyl (C=O) groups excluding carboxylic acids is 1. The van der Waals surface area contributed by atoms with E-state index < -0.39 is 0 Å². The number of hydrogen-bond acceptors (Lipinski definition) is 5. The minimum Gasteiger partial charge on any atom is -0.497 e. The highest BCUT2D eigenvalue weighted by Gasteiger charge is 2.25. The van der Waals surface area contributed by atoms with Crippen molar-refractivity contribution >= 4 is 24.0 Å². The quantitative estimate of drug-likeness (QED) is 0.721. The fourth-order valence-corrected chi connectivity index (χ4v) is 3.53. The largest absolute Gasteiger partial charge is 0.497 e. The van der Waals surface area contributed by atoms with E-state index in [1.807, 2.05) is 0 Å². The van der Waals surface area contributed by atoms with Gasteiger partial charge in [-0.05, 0) is 29.7 Å². The van der Waals surface area contributed by atoms with E-state index in [-0.39, 0.29) is 24.4 Å². The van der Waals surface area contributed by atoms with Crippen LogP contribution >= 0.6 is 12.4 Å². The fraction of sp³-hybridized carbons (Fsp3) is 0.409. The van der Waals surface area contributed by atoms with Gasteiger partial charge in [0.2, 0.25) is 5.91 Å². The molecular formula is C22H30ClN3O3. The molecule has 1 saturated heterocycles. The number of rotatable bonds is 7. The zero-order valence-electron chi connectivity index (χ0n) is 17.2. The molecule has 0 spiro atoms. The van der Waals surface area contributed by atoms with Gasteiger partial charge >= 0.3 is 0 Å². The Morgan fingerprint density at radius 3 is 2.59 bits per heavy atom. The third-order valence-electron chi connectivity index (χ3n) is 5.15. The molecule has 1 atom stereocenters. The second-order valence-electron chi connectivity index (χ2n) is 6.90. The summed E-state index contributed by atoms with van der Waals surface area (Å²) in [6, 6.07) is 14.2. The van der Waals surface area contributed by atoms with Crippen LogP contribution in [0.1, 0.15) is 24.1 Å². The van der Waals surface area contributed by atoms with Gasteiger partial charge in [0, 0.05) is 31.7 Å². The maximum atomic E-state index is 12.8. The number of halogens is 1. The van der Waals surface area contributed by atoms with Crippen molar-refractivity contribution in [1.82, 2.24) is 10.2 Å². The fourth-order valence-electron chi connectivity index (χ4n) is 3.53. The third-order valence-corrected chi connectivity index (χ3v) is 5.15. The first-order valence-corrected chi connectivity index (χ1v) is 9.70. The van der Waals surface area contributed by atoms with Crippen LogP contribution in [0.25, 0.3) is 0 Å². The summed E-state index contributed by atoms with van der Waals surface area (Å²) in [6.45, 7) is 5.01. The number of benzene rings is 2. The average Bonchev–Trinajstić information content (AvgIpc) is 2.74. The molecule has 7 heteroatoms. The standard InChI is InChI=1S/C22H29N3O3.ClH/c1-4-16-5-7-17(8-6-16)20-14-23-11-12-25(20)15-22(26)24-19-13-18(27-2)9-10-21(19)28-3;/h5-10,13,20,23H,4,11-12,14-15H2,1-3H3,(H,24,26);1H. The minimum atomic E-state index is -0.0661. The van der Waals surface area contributed by atoms with Crippen molar-refractivity contribution in [2.45, 2.75) is 19.4 Å². The number of nitrogens with zero attached hydrogens (tertiary/aromatic N) is 1. The molecule has 158 valence electrons. The summed E-state index contributed by atoms with van der Waals surface area (Å²) in [4.78, 5) is 15.0. The lowest BCUT2D eigenvalue weighted by atomic mass is 10.0. The van der Waals surface area contributed by atoms with Gasteiger partial charge in [0.05, 0.1) is 26.5 Å². The Labute approximate surface area is 179 Å². The lowest BCUT2D eigenvalue weighted by Crippen LogP contribution is -2.48. The van der Waals surface area contributed by atoms with Crippen LogP contribution in [0.2, 0.25) is 0 Å². The van der Waals surface area contributed by atoms with Crippen molar-refractivity contribution in [3.63, 3.8) is 0 Å². The van der Waals surface area contributed by atoms with Gasteiger partial charge in [-0.2, -0.15) is 0 Å². The lowest BCUT2D eigenvalue weighted by Gasteiger charge is -2.36. The number of piperazine rings is 1. The summed E-state index contributed by atoms with van der Waals surface area (Å²) in [5, 5.41) is 6.41. The second-order valence-corrected chi connectivity index (χ2v) is 6.90. The molecule has 1 unspecified atom stereocenters. The van der Waals surface area contributed by atoms with Gasteiger partial charge in [-0.3, -0.25) is 9.69 Å². The van der Waals surface area contributed by atoms with Gasteiger partial charge in [0.25, 0.3) is 0 Å². The molecule has 0 aromatic heterocycles. The molecule has 2 N–H and O–H groups in total. The summed E-state index contributed by atoms with van der Waals surface area (Å²) in [5.41, 5.74) is 3.17. The number of amides is 1. The van der Waals surface area contributed by atoms with Crippen molar-refractivity contribution in [3.8, 4) is 11.5 Å². The van der Waals surface area contributed by atoms with Crippen LogP contribution in [0.4, 0.5) is 5.69 Å². The number of aryl methyl sites for hydroxylation is 1. The third kappa shape index (κ3) is 5.85. The number of methoxy groups -OCH3 is 2. The molecule has 0 aliphatic carbocycles. The zero-order chi connectivity index (χ0) is 19.9. The van der Waals surface area contributed by atoms with E-state index in [0.717, 1.165) is 26.1 Å². The van der Waals surface area contributed by atoms with E-state index in [4.69, 9.17) is 9.47 Å². The van der Waals surface area contributed by atoms with E-state index in [2.05, 4.69) is 46.7 Å². The van der Waals surface area contributed by atoms with E-state index in [9.17, 15) is 4.79 Å². The van der Waals surface area contributed by atoms with Crippen LogP contribution in [0.3, 0.4) is 0 Å². The molecule has 2 aromatic carbocycles. The van der Waals surface area contributed by atoms with Gasteiger partial charge < -0.3 is 20.1 Å². The average molecular weight is 420 g/mol. The molecule has 3 rings (SSSR count). The van der Waals surface area contributed by atoms with E-state index in [1.54, 1.807) is 32.4 Å². The highest BCUT2D eigenvalue weighted by molar-refractivity contribution is 5.94. The first-order valence-electron chi connectivity index (χ1n) is 9.70. The van der Waals surface area contributed by atoms with Gasteiger partial charge in [0.1, 0.15) is 11.5 Å². The monoisotopic (exact) mass is 419 g/mol. The summed E-state index contributed by atoms with van der Waals surface area (Å²) >= 11 is 0. The first kappa shape index (κ1) is 23.0. The van der Waals surface area contributed by atoms with Gasteiger partial charge in [-0.15, -0.1) is 12.4 Å². The van der Waals surface area contributed by atoms with E-state index in [1.165, 1.54) is 11.1 Å². The molecule has 1 amide bonds. The molecule has 1 aliphatic heterocycles. The van der Waals surface area contributed by atoms with Crippen LogP contribution in [-0.4, -0.2) is 51.2 Å². The van der Waals surface area contributed by atoms with Gasteiger partial charge in [0.15, 0.2) is 0 Å². The number of carbonyl (C=O) groups is 1. The van der Waals surface area contributed by atoms with Crippen LogP contribution in [-0.2, 0) is 11.2 Å². The van der Waals surface area contributed by atoms with Crippen LogP contribution in [0, 0.1) is 0 Å². The summed E-state index contributed by atoms with van der Waals surface area (Å²) < 4.78 is 10.6. The number of nitrogens with one attached hydrogen (secondary N) is 2. The predicted molar refractivity (Wildman–Crippen MR) is 118 cm³/mol. The van der Waals surface area contributed by atoms with E-state index in [0.29, 0.717) is 23.7 Å². The van der Waals surface area contributed by atoms with Crippen molar-refractivity contribution in [2.75, 3.05) is 45.7 Å². The molecule has 6 nitrogen and oxygen atoms in total. The maximum absolute atomic E-state index is 12.8. The minimum absolute atomic E-state index is 0. The number of ether oxygens (including phenoxy) is 2. The van der Waals surface area contributed by atoms with E-state index >= 15 is 0 Å². The van der Waals surface area contributed by atoms with Crippen molar-refractivity contribution in [2.24, 2.45) is 0 Å². The summed E-state index contributed by atoms with van der Waals surface area (Å²) in [6.07, 6.45) is 1.03. The Balaban J connectivity index is 0.00000300. The van der Waals surface area contributed by atoms with Crippen molar-refractivity contribution in [3.05, 3.63) is 53.6 Å². The Morgan fingerprint density at radius 1 is 1.17 bits per heavy atom. The Morgan fingerprint density at radius 2 is 1.93 bits per heavy atom. The predicted octanol–water partition coefficient (Wildman–Crippen LogP) is 3.27. The lowest BCUT2D eigenvalue weighted by molar-refractivity contribution is -0.118. The second kappa shape index (κ2) is 11.0. The molecule has 0 bridgehead atoms. The Bertz CT molecular complexity index is 798. The summed E-state index contributed by atoms with van der Waals surface area (Å²) in [5.74, 6) is 1.22. The highest BCUT2D eigenvalue weighted by Crippen LogP contribution is 2.29. The molecular weight excluding hydrogens is 390 g/mol. The van der Waals surface area contributed by atoms with Gasteiger partial charge in [-0.1, -0.05) is 31.2 Å². The van der Waals surface area contributed by atoms with Crippen LogP contribution in [0.15, 0.2) is 42.5 Å².